The van der Waals surface area contributed by atoms with Crippen LogP contribution < -0.4 is 21.3 Å². The van der Waals surface area contributed by atoms with E-state index in [0.717, 1.165) is 0 Å². The Morgan fingerprint density at radius 1 is 1.27 bits per heavy atom. The molecular formula is C18H17N3O5. The number of hydrogen-bond donors (Lipinski definition) is 2. The molecule has 1 aromatic carbocycles. The van der Waals surface area contributed by atoms with Gasteiger partial charge in [-0.2, -0.15) is 0 Å². The maximum Gasteiger partial charge on any atom is 0.337 e. The predicted molar refractivity (Wildman–Crippen MR) is 93.4 cm³/mol. The molecule has 0 radical (unpaired) electrons. The molecule has 8 nitrogen and oxygen atoms in total. The molecule has 2 N–H and O–H groups in total. The number of cyclic esters (lactones) is 1. The second-order valence-corrected chi connectivity index (χ2v) is 6.03. The second-order valence-electron chi connectivity index (χ2n) is 6.03. The molecule has 4 rings (SSSR count). The molecule has 0 saturated heterocycles. The lowest BCUT2D eigenvalue weighted by atomic mass is 9.82. The molecule has 26 heavy (non-hydrogen) atoms. The smallest absolute Gasteiger partial charge is 0.337 e. The van der Waals surface area contributed by atoms with E-state index in [-0.39, 0.29) is 6.61 Å². The number of carbonyl (C=O) groups is 1. The van der Waals surface area contributed by atoms with Gasteiger partial charge in [0.2, 0.25) is 0 Å². The third-order valence-electron chi connectivity index (χ3n) is 4.74. The first-order valence-corrected chi connectivity index (χ1v) is 8.24. The first kappa shape index (κ1) is 16.2. The number of anilines is 1. The number of nitrogens with one attached hydrogen (secondary N) is 2. The van der Waals surface area contributed by atoms with E-state index in [4.69, 9.17) is 9.47 Å². The Morgan fingerprint density at radius 2 is 2.04 bits per heavy atom. The van der Waals surface area contributed by atoms with Crippen molar-refractivity contribution in [2.45, 2.75) is 19.4 Å². The van der Waals surface area contributed by atoms with Gasteiger partial charge >= 0.3 is 11.7 Å². The molecule has 0 saturated carbocycles. The van der Waals surface area contributed by atoms with Crippen LogP contribution in [-0.4, -0.2) is 29.2 Å². The molecule has 2 aliphatic rings. The number of aromatic amines is 1. The molecule has 2 aliphatic heterocycles. The summed E-state index contributed by atoms with van der Waals surface area (Å²) < 4.78 is 12.1. The van der Waals surface area contributed by atoms with E-state index in [1.165, 1.54) is 11.7 Å². The molecule has 0 amide bonds. The van der Waals surface area contributed by atoms with Gasteiger partial charge in [-0.15, -0.1) is 0 Å². The van der Waals surface area contributed by atoms with Crippen molar-refractivity contribution in [3.05, 3.63) is 67.5 Å². The summed E-state index contributed by atoms with van der Waals surface area (Å²) in [7, 11) is 1.53. The highest BCUT2D eigenvalue weighted by Gasteiger charge is 2.42. The van der Waals surface area contributed by atoms with Crippen molar-refractivity contribution >= 4 is 11.8 Å². The summed E-state index contributed by atoms with van der Waals surface area (Å²) in [6.45, 7) is 2.24. The van der Waals surface area contributed by atoms with E-state index in [1.807, 2.05) is 12.1 Å². The van der Waals surface area contributed by atoms with Gasteiger partial charge in [0.1, 0.15) is 18.2 Å². The van der Waals surface area contributed by atoms with E-state index in [2.05, 4.69) is 10.3 Å². The minimum atomic E-state index is -0.686. The average molecular weight is 355 g/mol. The number of para-hydroxylation sites is 1. The third-order valence-corrected chi connectivity index (χ3v) is 4.74. The largest absolute Gasteiger partial charge is 0.496 e. The number of rotatable bonds is 3. The van der Waals surface area contributed by atoms with Gasteiger partial charge in [-0.05, 0) is 13.0 Å². The molecule has 1 aromatic heterocycles. The van der Waals surface area contributed by atoms with Crippen LogP contribution in [0, 0.1) is 0 Å². The number of H-pyrrole nitrogens is 1. The number of hydrogen-bond acceptors (Lipinski definition) is 6. The summed E-state index contributed by atoms with van der Waals surface area (Å²) in [5.74, 6) is -0.239. The Bertz CT molecular complexity index is 1060. The van der Waals surface area contributed by atoms with Crippen LogP contribution in [0.1, 0.15) is 24.0 Å². The van der Waals surface area contributed by atoms with Crippen LogP contribution in [0.25, 0.3) is 0 Å². The maximum absolute atomic E-state index is 12.7. The molecule has 0 bridgehead atoms. The number of ether oxygens (including phenoxy) is 2. The van der Waals surface area contributed by atoms with Crippen LogP contribution in [0.15, 0.2) is 45.1 Å². The Labute approximate surface area is 148 Å². The first-order chi connectivity index (χ1) is 12.6. The number of benzene rings is 1. The van der Waals surface area contributed by atoms with Gasteiger partial charge in [0.05, 0.1) is 29.9 Å². The van der Waals surface area contributed by atoms with Gasteiger partial charge in [0.25, 0.3) is 5.56 Å². The van der Waals surface area contributed by atoms with Crippen molar-refractivity contribution < 1.29 is 14.3 Å². The summed E-state index contributed by atoms with van der Waals surface area (Å²) >= 11 is 0. The zero-order valence-corrected chi connectivity index (χ0v) is 14.3. The Hall–Kier alpha value is -3.29. The van der Waals surface area contributed by atoms with E-state index in [9.17, 15) is 14.4 Å². The second kappa shape index (κ2) is 5.91. The zero-order valence-electron chi connectivity index (χ0n) is 14.3. The van der Waals surface area contributed by atoms with E-state index >= 15 is 0 Å². The van der Waals surface area contributed by atoms with Crippen molar-refractivity contribution in [1.82, 2.24) is 9.55 Å². The predicted octanol–water partition coefficient (Wildman–Crippen LogP) is 0.933. The number of nitrogens with zero attached hydrogens (tertiary/aromatic N) is 1. The lowest BCUT2D eigenvalue weighted by molar-refractivity contribution is -0.136. The minimum Gasteiger partial charge on any atom is -0.496 e. The van der Waals surface area contributed by atoms with Gasteiger partial charge < -0.3 is 14.8 Å². The fourth-order valence-electron chi connectivity index (χ4n) is 3.61. The topological polar surface area (TPSA) is 102 Å². The Morgan fingerprint density at radius 3 is 2.77 bits per heavy atom. The van der Waals surface area contributed by atoms with Crippen molar-refractivity contribution in [1.29, 1.82) is 0 Å². The molecule has 1 atom stereocenters. The summed E-state index contributed by atoms with van der Waals surface area (Å²) in [5, 5.41) is 3.06. The van der Waals surface area contributed by atoms with E-state index < -0.39 is 23.1 Å². The van der Waals surface area contributed by atoms with Crippen LogP contribution in [0.2, 0.25) is 0 Å². The fraction of sp³-hybridized carbons (Fsp3) is 0.278. The lowest BCUT2D eigenvalue weighted by Crippen LogP contribution is -2.38. The van der Waals surface area contributed by atoms with Crippen molar-refractivity contribution in [3.63, 3.8) is 0 Å². The number of methoxy groups -OCH3 is 1. The van der Waals surface area contributed by atoms with Gasteiger partial charge in [-0.3, -0.25) is 14.3 Å². The first-order valence-electron chi connectivity index (χ1n) is 8.24. The normalized spacial score (nSPS) is 18.1. The zero-order chi connectivity index (χ0) is 18.4. The van der Waals surface area contributed by atoms with Crippen LogP contribution in [-0.2, 0) is 16.1 Å². The van der Waals surface area contributed by atoms with Gasteiger partial charge in [0, 0.05) is 12.1 Å². The maximum atomic E-state index is 12.7. The Balaban J connectivity index is 2.08. The number of esters is 1. The van der Waals surface area contributed by atoms with Crippen molar-refractivity contribution in [2.24, 2.45) is 0 Å². The standard InChI is InChI=1S/C18H17N3O5/c1-3-21-15-14(16(22)20-18(21)24)12(9-6-4-5-7-11(9)25-2)13-10(19-15)8-26-17(13)23/h4-7,12,19H,3,8H2,1-2H3,(H,20,22,24). The molecule has 8 heteroatoms. The summed E-state index contributed by atoms with van der Waals surface area (Å²) in [5.41, 5.74) is 0.852. The minimum absolute atomic E-state index is 0.0734. The van der Waals surface area contributed by atoms with Gasteiger partial charge in [-0.25, -0.2) is 9.59 Å². The molecule has 0 aliphatic carbocycles. The highest BCUT2D eigenvalue weighted by Crippen LogP contribution is 2.44. The SMILES string of the molecule is CCn1c2c(c(=O)[nH]c1=O)C(c1ccccc1OC)C1=C(COC1=O)N2. The van der Waals surface area contributed by atoms with Crippen LogP contribution >= 0.6 is 0 Å². The molecule has 0 spiro atoms. The molecule has 3 heterocycles. The Kier molecular flexibility index (Phi) is 3.68. The number of aromatic nitrogens is 2. The highest BCUT2D eigenvalue weighted by molar-refractivity contribution is 5.97. The number of carbonyl (C=O) groups excluding carboxylic acids is 1. The van der Waals surface area contributed by atoms with Crippen molar-refractivity contribution in [2.75, 3.05) is 19.0 Å². The van der Waals surface area contributed by atoms with Crippen LogP contribution in [0.5, 0.6) is 5.75 Å². The molecular weight excluding hydrogens is 338 g/mol. The summed E-state index contributed by atoms with van der Waals surface area (Å²) in [4.78, 5) is 39.6. The quantitative estimate of drug-likeness (QED) is 0.794. The summed E-state index contributed by atoms with van der Waals surface area (Å²) in [6, 6.07) is 7.19. The fourth-order valence-corrected chi connectivity index (χ4v) is 3.61. The van der Waals surface area contributed by atoms with Crippen molar-refractivity contribution in [3.8, 4) is 5.75 Å². The van der Waals surface area contributed by atoms with E-state index in [0.29, 0.717) is 40.5 Å². The summed E-state index contributed by atoms with van der Waals surface area (Å²) in [6.07, 6.45) is 0. The molecule has 0 fully saturated rings. The lowest BCUT2D eigenvalue weighted by Gasteiger charge is -2.28. The number of fused-ring (bicyclic) bond motifs is 1. The molecule has 2 aromatic rings. The van der Waals surface area contributed by atoms with Gasteiger partial charge in [0.15, 0.2) is 0 Å². The molecule has 134 valence electrons. The van der Waals surface area contributed by atoms with Gasteiger partial charge in [-0.1, -0.05) is 18.2 Å². The monoisotopic (exact) mass is 355 g/mol. The highest BCUT2D eigenvalue weighted by atomic mass is 16.5. The van der Waals surface area contributed by atoms with Crippen LogP contribution in [0.4, 0.5) is 5.82 Å². The van der Waals surface area contributed by atoms with Crippen LogP contribution in [0.3, 0.4) is 0 Å². The molecule has 1 unspecified atom stereocenters. The third kappa shape index (κ3) is 2.18. The average Bonchev–Trinajstić information content (AvgIpc) is 3.01. The van der Waals surface area contributed by atoms with E-state index in [1.54, 1.807) is 19.1 Å².